The number of hydrogen-bond donors (Lipinski definition) is 0. The normalized spacial score (nSPS) is 11.3. The van der Waals surface area contributed by atoms with Crippen molar-refractivity contribution in [2.24, 2.45) is 0 Å². The summed E-state index contributed by atoms with van der Waals surface area (Å²) in [6, 6.07) is 73.2. The minimum absolute atomic E-state index is 0.585. The quantitative estimate of drug-likeness (QED) is 0.149. The van der Waals surface area contributed by atoms with Gasteiger partial charge in [-0.15, -0.1) is 0 Å². The zero-order chi connectivity index (χ0) is 44.0. The molecule has 0 amide bonds. The number of nitriles is 1. The van der Waals surface area contributed by atoms with Crippen molar-refractivity contribution < 1.29 is 0 Å². The summed E-state index contributed by atoms with van der Waals surface area (Å²) in [5.74, 6) is 1.80. The van der Waals surface area contributed by atoms with E-state index in [-0.39, 0.29) is 0 Å². The molecule has 0 radical (unpaired) electrons. The third kappa shape index (κ3) is 6.80. The largest absolute Gasteiger partial charge is 0.256 e. The van der Waals surface area contributed by atoms with Gasteiger partial charge in [-0.3, -0.25) is 9.97 Å². The Balaban J connectivity index is 0.983. The molecule has 0 atom stereocenters. The zero-order valence-corrected chi connectivity index (χ0v) is 35.5. The average Bonchev–Trinajstić information content (AvgIpc) is 3.40. The highest BCUT2D eigenvalue weighted by molar-refractivity contribution is 6.22. The fraction of sp³-hybridized carbons (Fsp3) is 0. The third-order valence-electron chi connectivity index (χ3n) is 12.5. The first-order valence-corrected chi connectivity index (χ1v) is 21.9. The number of aromatic nitrogens is 5. The first-order chi connectivity index (χ1) is 32.7. The number of pyridine rings is 2. The van der Waals surface area contributed by atoms with Gasteiger partial charge in [-0.2, -0.15) is 5.26 Å². The van der Waals surface area contributed by atoms with Crippen LogP contribution in [-0.2, 0) is 0 Å². The van der Waals surface area contributed by atoms with Crippen molar-refractivity contribution in [2.45, 2.75) is 0 Å². The maximum atomic E-state index is 9.76. The maximum Gasteiger partial charge on any atom is 0.164 e. The van der Waals surface area contributed by atoms with Crippen LogP contribution >= 0.6 is 0 Å². The Bertz CT molecular complexity index is 3880. The van der Waals surface area contributed by atoms with E-state index in [0.29, 0.717) is 23.0 Å². The Morgan fingerprint density at radius 3 is 1.35 bits per heavy atom. The number of nitrogens with zero attached hydrogens (tertiary/aromatic N) is 6. The van der Waals surface area contributed by atoms with E-state index in [0.717, 1.165) is 105 Å². The standard InChI is InChI=1S/C60H36N6/c61-37-46-29-30-48(49-22-8-7-21-47(46)49)39-25-27-40(28-26-39)52-35-54-51-24-12-32-63-57(51)53(36-55(54)50-23-11-31-62-56(50)52)43-18-10-20-45(34-43)60-65-58(41-15-5-2-6-16-41)64-59(66-60)44-19-9-17-42(33-44)38-13-3-1-4-14-38/h1-36H. The Morgan fingerprint density at radius 2 is 0.742 bits per heavy atom. The third-order valence-corrected chi connectivity index (χ3v) is 12.5. The second-order valence-corrected chi connectivity index (χ2v) is 16.3. The molecule has 0 bridgehead atoms. The molecule has 66 heavy (non-hydrogen) atoms. The molecule has 0 fully saturated rings. The Hall–Kier alpha value is -9.18. The van der Waals surface area contributed by atoms with Gasteiger partial charge < -0.3 is 0 Å². The molecule has 3 aromatic heterocycles. The molecule has 6 nitrogen and oxygen atoms in total. The van der Waals surface area contributed by atoms with E-state index in [1.807, 2.05) is 91.3 Å². The molecule has 306 valence electrons. The molecule has 6 heteroatoms. The number of fused-ring (bicyclic) bond motifs is 6. The molecule has 0 saturated heterocycles. The lowest BCUT2D eigenvalue weighted by Gasteiger charge is -2.16. The summed E-state index contributed by atoms with van der Waals surface area (Å²) < 4.78 is 0. The van der Waals surface area contributed by atoms with Gasteiger partial charge in [-0.25, -0.2) is 15.0 Å². The molecular formula is C60H36N6. The van der Waals surface area contributed by atoms with E-state index in [1.54, 1.807) is 0 Å². The summed E-state index contributed by atoms with van der Waals surface area (Å²) in [7, 11) is 0. The van der Waals surface area contributed by atoms with E-state index in [4.69, 9.17) is 24.9 Å². The lowest BCUT2D eigenvalue weighted by atomic mass is 9.90. The zero-order valence-electron chi connectivity index (χ0n) is 35.5. The van der Waals surface area contributed by atoms with Crippen molar-refractivity contribution in [3.05, 3.63) is 224 Å². The highest BCUT2D eigenvalue weighted by Crippen LogP contribution is 2.42. The number of rotatable bonds is 7. The van der Waals surface area contributed by atoms with Gasteiger partial charge >= 0.3 is 0 Å². The topological polar surface area (TPSA) is 88.2 Å². The minimum atomic E-state index is 0.585. The van der Waals surface area contributed by atoms with Crippen LogP contribution in [0, 0.1) is 11.3 Å². The van der Waals surface area contributed by atoms with Gasteiger partial charge in [0.1, 0.15) is 0 Å². The van der Waals surface area contributed by atoms with Gasteiger partial charge in [0.05, 0.1) is 22.7 Å². The van der Waals surface area contributed by atoms with E-state index in [2.05, 4.69) is 133 Å². The highest BCUT2D eigenvalue weighted by atomic mass is 15.0. The number of benzene rings is 9. The minimum Gasteiger partial charge on any atom is -0.256 e. The first-order valence-electron chi connectivity index (χ1n) is 21.9. The molecule has 12 aromatic rings. The summed E-state index contributed by atoms with van der Waals surface area (Å²) in [6.45, 7) is 0. The highest BCUT2D eigenvalue weighted by Gasteiger charge is 2.19. The van der Waals surface area contributed by atoms with E-state index < -0.39 is 0 Å². The Labute approximate surface area is 380 Å². The smallest absolute Gasteiger partial charge is 0.164 e. The van der Waals surface area contributed by atoms with Crippen LogP contribution in [0.4, 0.5) is 0 Å². The van der Waals surface area contributed by atoms with Crippen molar-refractivity contribution in [2.75, 3.05) is 0 Å². The summed E-state index contributed by atoms with van der Waals surface area (Å²) in [5.41, 5.74) is 13.7. The summed E-state index contributed by atoms with van der Waals surface area (Å²) in [6.07, 6.45) is 3.73. The van der Waals surface area contributed by atoms with Crippen LogP contribution in [-0.4, -0.2) is 24.9 Å². The first kappa shape index (κ1) is 38.5. The van der Waals surface area contributed by atoms with E-state index in [1.165, 1.54) is 0 Å². The van der Waals surface area contributed by atoms with Crippen LogP contribution in [0.15, 0.2) is 219 Å². The average molecular weight is 841 g/mol. The van der Waals surface area contributed by atoms with Crippen LogP contribution in [0.2, 0.25) is 0 Å². The van der Waals surface area contributed by atoms with Gasteiger partial charge in [0.15, 0.2) is 17.5 Å². The predicted molar refractivity (Wildman–Crippen MR) is 268 cm³/mol. The van der Waals surface area contributed by atoms with Gasteiger partial charge in [0.2, 0.25) is 0 Å². The van der Waals surface area contributed by atoms with Gasteiger partial charge in [0.25, 0.3) is 0 Å². The van der Waals surface area contributed by atoms with Crippen LogP contribution in [0.25, 0.3) is 122 Å². The lowest BCUT2D eigenvalue weighted by molar-refractivity contribution is 1.07. The molecule has 0 aliphatic carbocycles. The van der Waals surface area contributed by atoms with E-state index >= 15 is 0 Å². The Kier molecular flexibility index (Phi) is 9.44. The summed E-state index contributed by atoms with van der Waals surface area (Å²) in [5, 5.41) is 16.1. The fourth-order valence-electron chi connectivity index (χ4n) is 9.26. The van der Waals surface area contributed by atoms with Crippen LogP contribution in [0.1, 0.15) is 5.56 Å². The molecule has 0 aliphatic heterocycles. The second kappa shape index (κ2) is 16.2. The molecule has 0 spiro atoms. The predicted octanol–water partition coefficient (Wildman–Crippen LogP) is 14.8. The van der Waals surface area contributed by atoms with E-state index in [9.17, 15) is 5.26 Å². The van der Waals surface area contributed by atoms with Crippen molar-refractivity contribution in [1.82, 2.24) is 24.9 Å². The van der Waals surface area contributed by atoms with Crippen LogP contribution in [0.3, 0.4) is 0 Å². The van der Waals surface area contributed by atoms with Crippen molar-refractivity contribution in [1.29, 1.82) is 5.26 Å². The monoisotopic (exact) mass is 840 g/mol. The van der Waals surface area contributed by atoms with Crippen molar-refractivity contribution >= 4 is 43.4 Å². The van der Waals surface area contributed by atoms with Gasteiger partial charge in [0, 0.05) is 56.4 Å². The van der Waals surface area contributed by atoms with Crippen LogP contribution in [0.5, 0.6) is 0 Å². The molecular weight excluding hydrogens is 805 g/mol. The Morgan fingerprint density at radius 1 is 0.288 bits per heavy atom. The second-order valence-electron chi connectivity index (χ2n) is 16.3. The molecule has 0 N–H and O–H groups in total. The van der Waals surface area contributed by atoms with Crippen LogP contribution < -0.4 is 0 Å². The molecule has 12 rings (SSSR count). The molecule has 0 saturated carbocycles. The SMILES string of the molecule is N#Cc1ccc(-c2ccc(-c3cc4c5cccnc5c(-c5cccc(-c6nc(-c7ccccc7)nc(-c7cccc(-c8ccccc8)c7)n6)c5)cc4c4cccnc34)cc2)c2ccccc12. The lowest BCUT2D eigenvalue weighted by Crippen LogP contribution is -2.00. The molecule has 0 unspecified atom stereocenters. The number of hydrogen-bond acceptors (Lipinski definition) is 6. The molecule has 0 aliphatic rings. The molecule has 9 aromatic carbocycles. The van der Waals surface area contributed by atoms with Crippen molar-refractivity contribution in [3.63, 3.8) is 0 Å². The molecule has 3 heterocycles. The fourth-order valence-corrected chi connectivity index (χ4v) is 9.26. The van der Waals surface area contributed by atoms with Crippen molar-refractivity contribution in [3.8, 4) is 84.7 Å². The summed E-state index contributed by atoms with van der Waals surface area (Å²) in [4.78, 5) is 25.3. The maximum absolute atomic E-state index is 9.76. The van der Waals surface area contributed by atoms with Gasteiger partial charge in [-0.05, 0) is 92.0 Å². The van der Waals surface area contributed by atoms with Gasteiger partial charge in [-0.1, -0.05) is 164 Å². The summed E-state index contributed by atoms with van der Waals surface area (Å²) >= 11 is 0.